The van der Waals surface area contributed by atoms with Gasteiger partial charge in [0, 0.05) is 24.7 Å². The highest BCUT2D eigenvalue weighted by Gasteiger charge is 2.21. The second-order valence-corrected chi connectivity index (χ2v) is 6.88. The number of likely N-dealkylation sites (tertiary alicyclic amines) is 1. The molecule has 1 heterocycles. The molecule has 150 valence electrons. The van der Waals surface area contributed by atoms with E-state index in [1.165, 1.54) is 0 Å². The van der Waals surface area contributed by atoms with Crippen LogP contribution in [0.5, 0.6) is 11.5 Å². The number of piperidine rings is 1. The second kappa shape index (κ2) is 10.8. The molecule has 7 nitrogen and oxygen atoms in total. The van der Waals surface area contributed by atoms with E-state index < -0.39 is 0 Å². The van der Waals surface area contributed by atoms with Gasteiger partial charge in [0.05, 0.1) is 20.8 Å². The summed E-state index contributed by atoms with van der Waals surface area (Å²) >= 11 is 0. The van der Waals surface area contributed by atoms with Crippen molar-refractivity contribution in [2.45, 2.75) is 26.2 Å². The molecular formula is C20H31N3O4. The van der Waals surface area contributed by atoms with Gasteiger partial charge in [0.25, 0.3) is 5.91 Å². The molecule has 0 spiro atoms. The lowest BCUT2D eigenvalue weighted by atomic mass is 9.96. The summed E-state index contributed by atoms with van der Waals surface area (Å²) in [7, 11) is 3.12. The molecule has 0 unspecified atom stereocenters. The van der Waals surface area contributed by atoms with E-state index in [0.717, 1.165) is 38.9 Å². The number of carbonyl (C=O) groups excluding carboxylic acids is 2. The zero-order chi connectivity index (χ0) is 19.6. The normalized spacial score (nSPS) is 15.2. The van der Waals surface area contributed by atoms with Crippen LogP contribution >= 0.6 is 0 Å². The Bertz CT molecular complexity index is 605. The molecule has 0 radical (unpaired) electrons. The molecule has 1 aliphatic heterocycles. The van der Waals surface area contributed by atoms with Gasteiger partial charge in [0.15, 0.2) is 0 Å². The summed E-state index contributed by atoms with van der Waals surface area (Å²) in [6, 6.07) is 5.15. The maximum atomic E-state index is 12.4. The molecular weight excluding hydrogens is 346 g/mol. The molecule has 1 aromatic rings. The van der Waals surface area contributed by atoms with E-state index in [9.17, 15) is 9.59 Å². The van der Waals surface area contributed by atoms with Crippen molar-refractivity contribution in [1.29, 1.82) is 0 Å². The Morgan fingerprint density at radius 3 is 2.26 bits per heavy atom. The molecule has 27 heavy (non-hydrogen) atoms. The van der Waals surface area contributed by atoms with Crippen LogP contribution in [-0.4, -0.2) is 63.7 Å². The first-order valence-corrected chi connectivity index (χ1v) is 9.56. The third-order valence-electron chi connectivity index (χ3n) is 4.81. The summed E-state index contributed by atoms with van der Waals surface area (Å²) in [4.78, 5) is 26.4. The first kappa shape index (κ1) is 21.0. The first-order valence-electron chi connectivity index (χ1n) is 9.56. The lowest BCUT2D eigenvalue weighted by Crippen LogP contribution is -2.43. The maximum Gasteiger partial charge on any atom is 0.251 e. The van der Waals surface area contributed by atoms with E-state index in [2.05, 4.69) is 15.5 Å². The fraction of sp³-hybridized carbons (Fsp3) is 0.600. The summed E-state index contributed by atoms with van der Waals surface area (Å²) < 4.78 is 10.4. The number of nitrogens with zero attached hydrogens (tertiary/aromatic N) is 1. The number of hydrogen-bond acceptors (Lipinski definition) is 5. The number of rotatable bonds is 9. The third kappa shape index (κ3) is 6.75. The first-order chi connectivity index (χ1) is 13.0. The average Bonchev–Trinajstić information content (AvgIpc) is 2.70. The number of amides is 2. The lowest BCUT2D eigenvalue weighted by molar-refractivity contribution is -0.122. The minimum atomic E-state index is -0.131. The van der Waals surface area contributed by atoms with Crippen LogP contribution in [0.3, 0.4) is 0 Å². The number of benzene rings is 1. The molecule has 0 saturated carbocycles. The van der Waals surface area contributed by atoms with E-state index in [-0.39, 0.29) is 11.8 Å². The third-order valence-corrected chi connectivity index (χ3v) is 4.81. The number of methoxy groups -OCH3 is 2. The molecule has 7 heteroatoms. The van der Waals surface area contributed by atoms with Crippen LogP contribution < -0.4 is 20.1 Å². The minimum Gasteiger partial charge on any atom is -0.497 e. The van der Waals surface area contributed by atoms with Crippen molar-refractivity contribution in [3.63, 3.8) is 0 Å². The fourth-order valence-electron chi connectivity index (χ4n) is 3.15. The highest BCUT2D eigenvalue weighted by atomic mass is 16.5. The van der Waals surface area contributed by atoms with Crippen LogP contribution in [0.4, 0.5) is 0 Å². The Balaban J connectivity index is 1.76. The van der Waals surface area contributed by atoms with Gasteiger partial charge < -0.3 is 20.1 Å². The van der Waals surface area contributed by atoms with Crippen LogP contribution in [0.2, 0.25) is 0 Å². The van der Waals surface area contributed by atoms with E-state index in [1.807, 2.05) is 6.92 Å². The van der Waals surface area contributed by atoms with Gasteiger partial charge in [-0.25, -0.2) is 0 Å². The van der Waals surface area contributed by atoms with Crippen molar-refractivity contribution in [2.75, 3.05) is 46.9 Å². The van der Waals surface area contributed by atoms with Crippen molar-refractivity contribution in [3.8, 4) is 11.5 Å². The zero-order valence-electron chi connectivity index (χ0n) is 16.5. The molecule has 0 aliphatic carbocycles. The van der Waals surface area contributed by atoms with Crippen molar-refractivity contribution in [1.82, 2.24) is 15.5 Å². The summed E-state index contributed by atoms with van der Waals surface area (Å²) in [5.41, 5.74) is 0.524. The van der Waals surface area contributed by atoms with Crippen molar-refractivity contribution >= 4 is 11.8 Å². The highest BCUT2D eigenvalue weighted by Crippen LogP contribution is 2.22. The van der Waals surface area contributed by atoms with Gasteiger partial charge in [-0.2, -0.15) is 0 Å². The molecule has 0 aromatic heterocycles. The SMILES string of the molecule is CCCNC(=O)CN1CCC(CNC(=O)c2cc(OC)cc(OC)c2)CC1. The number of hydrogen-bond donors (Lipinski definition) is 2. The maximum absolute atomic E-state index is 12.4. The van der Waals surface area contributed by atoms with Crippen LogP contribution in [0.25, 0.3) is 0 Å². The minimum absolute atomic E-state index is 0.0931. The molecule has 1 saturated heterocycles. The van der Waals surface area contributed by atoms with Crippen LogP contribution in [0.1, 0.15) is 36.5 Å². The highest BCUT2D eigenvalue weighted by molar-refractivity contribution is 5.95. The predicted molar refractivity (Wildman–Crippen MR) is 104 cm³/mol. The molecule has 1 fully saturated rings. The van der Waals surface area contributed by atoms with Crippen LogP contribution in [0.15, 0.2) is 18.2 Å². The summed E-state index contributed by atoms with van der Waals surface area (Å²) in [5.74, 6) is 1.57. The largest absolute Gasteiger partial charge is 0.497 e. The molecule has 0 bridgehead atoms. The lowest BCUT2D eigenvalue weighted by Gasteiger charge is -2.31. The molecule has 1 aromatic carbocycles. The Morgan fingerprint density at radius 1 is 1.07 bits per heavy atom. The summed E-state index contributed by atoms with van der Waals surface area (Å²) in [5, 5.41) is 5.92. The van der Waals surface area contributed by atoms with E-state index in [0.29, 0.717) is 36.1 Å². The van der Waals surface area contributed by atoms with Gasteiger partial charge in [0.2, 0.25) is 5.91 Å². The van der Waals surface area contributed by atoms with E-state index in [4.69, 9.17) is 9.47 Å². The fourth-order valence-corrected chi connectivity index (χ4v) is 3.15. The zero-order valence-corrected chi connectivity index (χ0v) is 16.5. The van der Waals surface area contributed by atoms with Crippen molar-refractivity contribution < 1.29 is 19.1 Å². The Labute approximate surface area is 161 Å². The standard InChI is InChI=1S/C20H31N3O4/c1-4-7-21-19(24)14-23-8-5-15(6-9-23)13-22-20(25)16-10-17(26-2)12-18(11-16)27-3/h10-12,15H,4-9,13-14H2,1-3H3,(H,21,24)(H,22,25). The number of nitrogens with one attached hydrogen (secondary N) is 2. The Kier molecular flexibility index (Phi) is 8.39. The molecule has 0 atom stereocenters. The quantitative estimate of drug-likeness (QED) is 0.684. The molecule has 2 N–H and O–H groups in total. The second-order valence-electron chi connectivity index (χ2n) is 6.88. The summed E-state index contributed by atoms with van der Waals surface area (Å²) in [6.07, 6.45) is 2.90. The van der Waals surface area contributed by atoms with Crippen LogP contribution in [0, 0.1) is 5.92 Å². The van der Waals surface area contributed by atoms with Crippen LogP contribution in [-0.2, 0) is 4.79 Å². The van der Waals surface area contributed by atoms with Gasteiger partial charge >= 0.3 is 0 Å². The predicted octanol–water partition coefficient (Wildman–Crippen LogP) is 1.67. The average molecular weight is 377 g/mol. The van der Waals surface area contributed by atoms with Crippen molar-refractivity contribution in [3.05, 3.63) is 23.8 Å². The molecule has 1 aliphatic rings. The van der Waals surface area contributed by atoms with Crippen molar-refractivity contribution in [2.24, 2.45) is 5.92 Å². The Morgan fingerprint density at radius 2 is 1.70 bits per heavy atom. The van der Waals surface area contributed by atoms with E-state index >= 15 is 0 Å². The van der Waals surface area contributed by atoms with Gasteiger partial charge in [-0.05, 0) is 50.4 Å². The van der Waals surface area contributed by atoms with Gasteiger partial charge in [0.1, 0.15) is 11.5 Å². The topological polar surface area (TPSA) is 79.9 Å². The van der Waals surface area contributed by atoms with Gasteiger partial charge in [-0.1, -0.05) is 6.92 Å². The number of ether oxygens (including phenoxy) is 2. The Hall–Kier alpha value is -2.28. The number of carbonyl (C=O) groups is 2. The summed E-state index contributed by atoms with van der Waals surface area (Å²) in [6.45, 7) is 5.63. The monoisotopic (exact) mass is 377 g/mol. The van der Waals surface area contributed by atoms with Gasteiger partial charge in [-0.3, -0.25) is 14.5 Å². The smallest absolute Gasteiger partial charge is 0.251 e. The van der Waals surface area contributed by atoms with E-state index in [1.54, 1.807) is 32.4 Å². The molecule has 2 amide bonds. The van der Waals surface area contributed by atoms with Gasteiger partial charge in [-0.15, -0.1) is 0 Å². The molecule has 2 rings (SSSR count).